The van der Waals surface area contributed by atoms with Crippen molar-refractivity contribution in [1.29, 1.82) is 0 Å². The molecular formula is C19H20BrFN2O3. The molecule has 0 aliphatic rings. The molecule has 5 nitrogen and oxygen atoms in total. The number of amides is 2. The minimum absolute atomic E-state index is 0.161. The van der Waals surface area contributed by atoms with Gasteiger partial charge in [0.15, 0.2) is 6.10 Å². The number of hydrogen-bond donors (Lipinski definition) is 2. The van der Waals surface area contributed by atoms with Crippen LogP contribution in [0.15, 0.2) is 53.0 Å². The molecule has 1 unspecified atom stereocenters. The fraction of sp³-hybridized carbons (Fsp3) is 0.263. The number of ether oxygens (including phenoxy) is 1. The molecule has 2 N–H and O–H groups in total. The van der Waals surface area contributed by atoms with E-state index in [4.69, 9.17) is 4.74 Å². The summed E-state index contributed by atoms with van der Waals surface area (Å²) >= 11 is 3.32. The summed E-state index contributed by atoms with van der Waals surface area (Å²) in [5.74, 6) is -0.578. The van der Waals surface area contributed by atoms with Crippen molar-refractivity contribution in [1.82, 2.24) is 10.6 Å². The summed E-state index contributed by atoms with van der Waals surface area (Å²) in [6.45, 7) is 2.43. The second kappa shape index (κ2) is 9.91. The van der Waals surface area contributed by atoms with Gasteiger partial charge in [-0.05, 0) is 49.7 Å². The van der Waals surface area contributed by atoms with Crippen LogP contribution in [0.3, 0.4) is 0 Å². The summed E-state index contributed by atoms with van der Waals surface area (Å²) < 4.78 is 19.4. The molecule has 2 amide bonds. The summed E-state index contributed by atoms with van der Waals surface area (Å²) in [7, 11) is 0. The van der Waals surface area contributed by atoms with Crippen molar-refractivity contribution >= 4 is 27.7 Å². The molecule has 0 saturated carbocycles. The molecule has 26 heavy (non-hydrogen) atoms. The number of hydrogen-bond acceptors (Lipinski definition) is 3. The largest absolute Gasteiger partial charge is 0.481 e. The molecule has 0 spiro atoms. The lowest BCUT2D eigenvalue weighted by Crippen LogP contribution is -2.37. The molecular weight excluding hydrogens is 403 g/mol. The highest BCUT2D eigenvalue weighted by atomic mass is 79.9. The Hall–Kier alpha value is -2.41. The molecule has 2 aromatic carbocycles. The zero-order chi connectivity index (χ0) is 18.9. The topological polar surface area (TPSA) is 67.4 Å². The summed E-state index contributed by atoms with van der Waals surface area (Å²) in [6.07, 6.45) is -0.158. The number of halogens is 2. The third kappa shape index (κ3) is 6.48. The van der Waals surface area contributed by atoms with Crippen LogP contribution in [0.4, 0.5) is 4.39 Å². The van der Waals surface area contributed by atoms with E-state index < -0.39 is 11.9 Å². The lowest BCUT2D eigenvalue weighted by molar-refractivity contribution is -0.127. The molecule has 0 saturated heterocycles. The van der Waals surface area contributed by atoms with Crippen molar-refractivity contribution in [3.63, 3.8) is 0 Å². The zero-order valence-corrected chi connectivity index (χ0v) is 15.9. The van der Waals surface area contributed by atoms with Gasteiger partial charge in [0.2, 0.25) is 0 Å². The van der Waals surface area contributed by atoms with Gasteiger partial charge in [-0.25, -0.2) is 4.39 Å². The maximum Gasteiger partial charge on any atom is 0.260 e. The normalized spacial score (nSPS) is 11.5. The summed E-state index contributed by atoms with van der Waals surface area (Å²) in [6, 6.07) is 12.7. The quantitative estimate of drug-likeness (QED) is 0.641. The van der Waals surface area contributed by atoms with E-state index >= 15 is 0 Å². The molecule has 0 aromatic heterocycles. The fourth-order valence-electron chi connectivity index (χ4n) is 2.15. The van der Waals surface area contributed by atoms with Crippen molar-refractivity contribution in [2.75, 3.05) is 13.1 Å². The molecule has 0 aliphatic heterocycles. The van der Waals surface area contributed by atoms with Gasteiger partial charge < -0.3 is 15.4 Å². The summed E-state index contributed by atoms with van der Waals surface area (Å²) in [5.41, 5.74) is 0.578. The first-order chi connectivity index (χ1) is 12.5. The van der Waals surface area contributed by atoms with Crippen molar-refractivity contribution in [3.05, 3.63) is 64.4 Å². The van der Waals surface area contributed by atoms with Crippen LogP contribution in [0.1, 0.15) is 23.7 Å². The predicted molar refractivity (Wildman–Crippen MR) is 101 cm³/mol. The Kier molecular flexibility index (Phi) is 7.59. The van der Waals surface area contributed by atoms with Crippen molar-refractivity contribution in [2.45, 2.75) is 19.4 Å². The van der Waals surface area contributed by atoms with Crippen LogP contribution >= 0.6 is 15.9 Å². The molecule has 7 heteroatoms. The van der Waals surface area contributed by atoms with Crippen molar-refractivity contribution < 1.29 is 18.7 Å². The molecule has 2 aromatic rings. The number of rotatable bonds is 8. The van der Waals surface area contributed by atoms with Crippen molar-refractivity contribution in [2.24, 2.45) is 0 Å². The highest BCUT2D eigenvalue weighted by Gasteiger charge is 2.14. The Morgan fingerprint density at radius 3 is 2.50 bits per heavy atom. The molecule has 0 fully saturated rings. The SMILES string of the molecule is CC(Oc1cccc(F)c1)C(=O)NCCCNC(=O)c1ccc(Br)cc1. The van der Waals surface area contributed by atoms with Crippen LogP contribution in [0.5, 0.6) is 5.75 Å². The summed E-state index contributed by atoms with van der Waals surface area (Å²) in [5, 5.41) is 5.51. The molecule has 0 radical (unpaired) electrons. The van der Waals surface area contributed by atoms with Crippen LogP contribution in [-0.4, -0.2) is 31.0 Å². The average molecular weight is 423 g/mol. The highest BCUT2D eigenvalue weighted by molar-refractivity contribution is 9.10. The molecule has 0 bridgehead atoms. The smallest absolute Gasteiger partial charge is 0.260 e. The van der Waals surface area contributed by atoms with Crippen LogP contribution in [-0.2, 0) is 4.79 Å². The van der Waals surface area contributed by atoms with Gasteiger partial charge in [-0.1, -0.05) is 22.0 Å². The van der Waals surface area contributed by atoms with Crippen molar-refractivity contribution in [3.8, 4) is 5.75 Å². The summed E-state index contributed by atoms with van der Waals surface area (Å²) in [4.78, 5) is 23.9. The Labute approximate surface area is 160 Å². The van der Waals surface area contributed by atoms with Crippen LogP contribution in [0.2, 0.25) is 0 Å². The number of benzene rings is 2. The van der Waals surface area contributed by atoms with E-state index in [9.17, 15) is 14.0 Å². The van der Waals surface area contributed by atoms with Gasteiger partial charge in [-0.15, -0.1) is 0 Å². The first-order valence-electron chi connectivity index (χ1n) is 8.19. The van der Waals surface area contributed by atoms with Gasteiger partial charge in [0.1, 0.15) is 11.6 Å². The third-order valence-corrected chi connectivity index (χ3v) is 4.05. The Balaban J connectivity index is 1.65. The average Bonchev–Trinajstić information content (AvgIpc) is 2.61. The van der Waals surface area contributed by atoms with Gasteiger partial charge in [0, 0.05) is 29.2 Å². The monoisotopic (exact) mass is 422 g/mol. The van der Waals surface area contributed by atoms with E-state index in [2.05, 4.69) is 26.6 Å². The molecule has 0 heterocycles. The molecule has 0 aliphatic carbocycles. The number of carbonyl (C=O) groups is 2. The lowest BCUT2D eigenvalue weighted by atomic mass is 10.2. The minimum atomic E-state index is -0.742. The first-order valence-corrected chi connectivity index (χ1v) is 8.98. The van der Waals surface area contributed by atoms with E-state index in [1.54, 1.807) is 37.3 Å². The fourth-order valence-corrected chi connectivity index (χ4v) is 2.41. The lowest BCUT2D eigenvalue weighted by Gasteiger charge is -2.14. The maximum absolute atomic E-state index is 13.1. The van der Waals surface area contributed by atoms with Crippen LogP contribution in [0, 0.1) is 5.82 Å². The van der Waals surface area contributed by atoms with Gasteiger partial charge in [0.05, 0.1) is 0 Å². The molecule has 2 rings (SSSR count). The molecule has 1 atom stereocenters. The van der Waals surface area contributed by atoms with Gasteiger partial charge >= 0.3 is 0 Å². The van der Waals surface area contributed by atoms with Gasteiger partial charge in [-0.2, -0.15) is 0 Å². The zero-order valence-electron chi connectivity index (χ0n) is 14.3. The second-order valence-corrected chi connectivity index (χ2v) is 6.54. The Bertz CT molecular complexity index is 753. The van der Waals surface area contributed by atoms with E-state index in [-0.39, 0.29) is 11.8 Å². The van der Waals surface area contributed by atoms with E-state index in [1.807, 2.05) is 0 Å². The second-order valence-electron chi connectivity index (χ2n) is 5.62. The Morgan fingerprint density at radius 2 is 1.81 bits per heavy atom. The standard InChI is InChI=1S/C19H20BrFN2O3/c1-13(26-17-5-2-4-16(21)12-17)18(24)22-10-3-11-23-19(25)14-6-8-15(20)9-7-14/h2,4-9,12-13H,3,10-11H2,1H3,(H,22,24)(H,23,25). The van der Waals surface area contributed by atoms with Gasteiger partial charge in [-0.3, -0.25) is 9.59 Å². The number of nitrogens with one attached hydrogen (secondary N) is 2. The van der Waals surface area contributed by atoms with E-state index in [0.717, 1.165) is 4.47 Å². The van der Waals surface area contributed by atoms with E-state index in [0.29, 0.717) is 30.8 Å². The Morgan fingerprint density at radius 1 is 1.12 bits per heavy atom. The van der Waals surface area contributed by atoms with Crippen LogP contribution in [0.25, 0.3) is 0 Å². The third-order valence-electron chi connectivity index (χ3n) is 3.52. The minimum Gasteiger partial charge on any atom is -0.481 e. The highest BCUT2D eigenvalue weighted by Crippen LogP contribution is 2.13. The maximum atomic E-state index is 13.1. The van der Waals surface area contributed by atoms with Crippen LogP contribution < -0.4 is 15.4 Å². The number of carbonyl (C=O) groups excluding carboxylic acids is 2. The van der Waals surface area contributed by atoms with E-state index in [1.165, 1.54) is 18.2 Å². The molecule has 138 valence electrons. The first kappa shape index (κ1) is 19.9. The predicted octanol–water partition coefficient (Wildman–Crippen LogP) is 3.29. The van der Waals surface area contributed by atoms with Gasteiger partial charge in [0.25, 0.3) is 11.8 Å².